The first kappa shape index (κ1) is 13.4. The Morgan fingerprint density at radius 1 is 1.53 bits per heavy atom. The second-order valence-corrected chi connectivity index (χ2v) is 4.56. The van der Waals surface area contributed by atoms with Crippen molar-refractivity contribution in [3.05, 3.63) is 46.7 Å². The molecule has 2 rings (SSSR count). The van der Waals surface area contributed by atoms with Crippen LogP contribution in [0.4, 0.5) is 5.95 Å². The maximum absolute atomic E-state index is 11.7. The van der Waals surface area contributed by atoms with Gasteiger partial charge in [-0.05, 0) is 24.3 Å². The van der Waals surface area contributed by atoms with Crippen LogP contribution in [0.2, 0.25) is 0 Å². The molecule has 5 nitrogen and oxygen atoms in total. The first-order chi connectivity index (χ1) is 9.19. The van der Waals surface area contributed by atoms with Gasteiger partial charge in [0, 0.05) is 28.5 Å². The molecule has 0 unspecified atom stereocenters. The fraction of sp³-hybridized carbons (Fsp3) is 0.0769. The van der Waals surface area contributed by atoms with Crippen molar-refractivity contribution in [3.63, 3.8) is 0 Å². The number of aromatic amines is 1. The van der Waals surface area contributed by atoms with Gasteiger partial charge in [-0.1, -0.05) is 15.9 Å². The molecule has 1 amide bonds. The van der Waals surface area contributed by atoms with Crippen LogP contribution in [-0.2, 0) is 4.79 Å². The number of carbonyl (C=O) groups excluding carboxylic acids is 1. The number of amides is 1. The van der Waals surface area contributed by atoms with Crippen LogP contribution in [0.3, 0.4) is 0 Å². The van der Waals surface area contributed by atoms with Gasteiger partial charge in [0.25, 0.3) is 5.91 Å². The fourth-order valence-electron chi connectivity index (χ4n) is 1.49. The minimum Gasteiger partial charge on any atom is -0.496 e. The number of aromatic nitrogens is 2. The summed E-state index contributed by atoms with van der Waals surface area (Å²) in [7, 11) is 1.59. The number of anilines is 1. The predicted octanol–water partition coefficient (Wildman–Crippen LogP) is 2.83. The van der Waals surface area contributed by atoms with Crippen LogP contribution in [0.1, 0.15) is 5.56 Å². The van der Waals surface area contributed by atoms with Crippen molar-refractivity contribution in [1.29, 1.82) is 0 Å². The highest BCUT2D eigenvalue weighted by Crippen LogP contribution is 2.24. The molecular weight excluding hydrogens is 310 g/mol. The molecule has 0 bridgehead atoms. The second-order valence-electron chi connectivity index (χ2n) is 3.65. The number of benzene rings is 1. The van der Waals surface area contributed by atoms with Crippen LogP contribution in [0, 0.1) is 0 Å². The maximum Gasteiger partial charge on any atom is 0.250 e. The molecule has 6 heteroatoms. The number of imidazole rings is 1. The van der Waals surface area contributed by atoms with Gasteiger partial charge in [-0.2, -0.15) is 0 Å². The highest BCUT2D eigenvalue weighted by Gasteiger charge is 2.02. The zero-order chi connectivity index (χ0) is 13.7. The lowest BCUT2D eigenvalue weighted by molar-refractivity contribution is -0.111. The van der Waals surface area contributed by atoms with Gasteiger partial charge in [0.05, 0.1) is 7.11 Å². The van der Waals surface area contributed by atoms with Crippen molar-refractivity contribution in [2.45, 2.75) is 0 Å². The van der Waals surface area contributed by atoms with E-state index in [1.165, 1.54) is 6.08 Å². The number of methoxy groups -OCH3 is 1. The summed E-state index contributed by atoms with van der Waals surface area (Å²) >= 11 is 3.38. The van der Waals surface area contributed by atoms with Crippen molar-refractivity contribution in [2.24, 2.45) is 0 Å². The molecular formula is C13H12BrN3O2. The topological polar surface area (TPSA) is 67.0 Å². The summed E-state index contributed by atoms with van der Waals surface area (Å²) in [6.07, 6.45) is 6.31. The molecule has 98 valence electrons. The third kappa shape index (κ3) is 3.69. The number of hydrogen-bond donors (Lipinski definition) is 2. The van der Waals surface area contributed by atoms with E-state index in [0.29, 0.717) is 11.7 Å². The lowest BCUT2D eigenvalue weighted by atomic mass is 10.2. The summed E-state index contributed by atoms with van der Waals surface area (Å²) in [5.41, 5.74) is 0.812. The van der Waals surface area contributed by atoms with Crippen molar-refractivity contribution in [1.82, 2.24) is 9.97 Å². The average molecular weight is 322 g/mol. The molecule has 0 fully saturated rings. The summed E-state index contributed by atoms with van der Waals surface area (Å²) in [6.45, 7) is 0. The lowest BCUT2D eigenvalue weighted by Gasteiger charge is -2.04. The van der Waals surface area contributed by atoms with Crippen LogP contribution in [-0.4, -0.2) is 23.0 Å². The van der Waals surface area contributed by atoms with Crippen molar-refractivity contribution >= 4 is 33.9 Å². The molecule has 0 aliphatic heterocycles. The van der Waals surface area contributed by atoms with Crippen molar-refractivity contribution in [3.8, 4) is 5.75 Å². The molecule has 0 aliphatic rings. The zero-order valence-corrected chi connectivity index (χ0v) is 11.8. The molecule has 1 aromatic heterocycles. The Bertz CT molecular complexity index is 594. The number of nitrogens with one attached hydrogen (secondary N) is 2. The van der Waals surface area contributed by atoms with Gasteiger partial charge in [-0.3, -0.25) is 10.1 Å². The van der Waals surface area contributed by atoms with Crippen LogP contribution >= 0.6 is 15.9 Å². The number of hydrogen-bond acceptors (Lipinski definition) is 3. The van der Waals surface area contributed by atoms with Gasteiger partial charge in [-0.25, -0.2) is 4.98 Å². The third-order valence-electron chi connectivity index (χ3n) is 2.35. The molecule has 0 aliphatic carbocycles. The zero-order valence-electron chi connectivity index (χ0n) is 10.2. The van der Waals surface area contributed by atoms with Gasteiger partial charge in [0.15, 0.2) is 0 Å². The Hall–Kier alpha value is -2.08. The van der Waals surface area contributed by atoms with Crippen molar-refractivity contribution < 1.29 is 9.53 Å². The summed E-state index contributed by atoms with van der Waals surface area (Å²) in [6, 6.07) is 5.57. The molecule has 1 heterocycles. The van der Waals surface area contributed by atoms with E-state index in [9.17, 15) is 4.79 Å². The van der Waals surface area contributed by atoms with Gasteiger partial charge < -0.3 is 9.72 Å². The number of rotatable bonds is 4. The molecule has 0 saturated carbocycles. The highest BCUT2D eigenvalue weighted by molar-refractivity contribution is 9.10. The van der Waals surface area contributed by atoms with Crippen LogP contribution < -0.4 is 10.1 Å². The molecule has 0 atom stereocenters. The Morgan fingerprint density at radius 2 is 2.37 bits per heavy atom. The molecule has 0 spiro atoms. The van der Waals surface area contributed by atoms with Gasteiger partial charge in [-0.15, -0.1) is 0 Å². The first-order valence-corrected chi connectivity index (χ1v) is 6.30. The monoisotopic (exact) mass is 321 g/mol. The average Bonchev–Trinajstić information content (AvgIpc) is 2.89. The molecule has 1 aromatic carbocycles. The number of halogens is 1. The van der Waals surface area contributed by atoms with E-state index < -0.39 is 0 Å². The van der Waals surface area contributed by atoms with E-state index in [0.717, 1.165) is 10.0 Å². The Labute approximate surface area is 118 Å². The van der Waals surface area contributed by atoms with E-state index >= 15 is 0 Å². The quantitative estimate of drug-likeness (QED) is 0.851. The Balaban J connectivity index is 2.09. The van der Waals surface area contributed by atoms with Crippen LogP contribution in [0.15, 0.2) is 41.1 Å². The number of ether oxygens (including phenoxy) is 1. The van der Waals surface area contributed by atoms with Crippen molar-refractivity contribution in [2.75, 3.05) is 12.4 Å². The highest BCUT2D eigenvalue weighted by atomic mass is 79.9. The predicted molar refractivity (Wildman–Crippen MR) is 76.9 cm³/mol. The van der Waals surface area contributed by atoms with E-state index in [-0.39, 0.29) is 5.91 Å². The summed E-state index contributed by atoms with van der Waals surface area (Å²) in [5, 5.41) is 2.60. The summed E-state index contributed by atoms with van der Waals surface area (Å²) < 4.78 is 6.13. The first-order valence-electron chi connectivity index (χ1n) is 5.51. The lowest BCUT2D eigenvalue weighted by Crippen LogP contribution is -2.08. The fourth-order valence-corrected chi connectivity index (χ4v) is 1.87. The van der Waals surface area contributed by atoms with E-state index in [4.69, 9.17) is 4.74 Å². The van der Waals surface area contributed by atoms with E-state index in [1.54, 1.807) is 25.6 Å². The molecule has 0 saturated heterocycles. The minimum atomic E-state index is -0.267. The Morgan fingerprint density at radius 3 is 3.05 bits per heavy atom. The largest absolute Gasteiger partial charge is 0.496 e. The molecule has 2 N–H and O–H groups in total. The van der Waals surface area contributed by atoms with Gasteiger partial charge in [0.2, 0.25) is 5.95 Å². The second kappa shape index (κ2) is 6.19. The standard InChI is InChI=1S/C13H12BrN3O2/c1-19-11-4-3-10(14)8-9(11)2-5-12(18)17-13-15-6-7-16-13/h2-8H,1H3,(H2,15,16,17,18). The number of H-pyrrole nitrogens is 1. The summed E-state index contributed by atoms with van der Waals surface area (Å²) in [4.78, 5) is 18.4. The maximum atomic E-state index is 11.7. The SMILES string of the molecule is COc1ccc(Br)cc1C=CC(=O)Nc1ncc[nH]1. The molecule has 0 radical (unpaired) electrons. The van der Waals surface area contributed by atoms with E-state index in [1.807, 2.05) is 18.2 Å². The van der Waals surface area contributed by atoms with Crippen LogP contribution in [0.5, 0.6) is 5.75 Å². The smallest absolute Gasteiger partial charge is 0.250 e. The summed E-state index contributed by atoms with van der Waals surface area (Å²) in [5.74, 6) is 0.845. The van der Waals surface area contributed by atoms with Crippen LogP contribution in [0.25, 0.3) is 6.08 Å². The normalized spacial score (nSPS) is 10.6. The third-order valence-corrected chi connectivity index (χ3v) is 2.84. The Kier molecular flexibility index (Phi) is 4.35. The van der Waals surface area contributed by atoms with E-state index in [2.05, 4.69) is 31.2 Å². The molecule has 19 heavy (non-hydrogen) atoms. The van der Waals surface area contributed by atoms with Gasteiger partial charge >= 0.3 is 0 Å². The molecule has 2 aromatic rings. The van der Waals surface area contributed by atoms with Gasteiger partial charge in [0.1, 0.15) is 5.75 Å². The number of nitrogens with zero attached hydrogens (tertiary/aromatic N) is 1. The minimum absolute atomic E-state index is 0.267. The number of carbonyl (C=O) groups is 1.